The van der Waals surface area contributed by atoms with Gasteiger partial charge in [-0.1, -0.05) is 6.92 Å². The van der Waals surface area contributed by atoms with E-state index in [1.54, 1.807) is 0 Å². The van der Waals surface area contributed by atoms with Crippen LogP contribution in [0.1, 0.15) is 13.8 Å². The molecule has 1 aliphatic rings. The van der Waals surface area contributed by atoms with Crippen LogP contribution >= 0.6 is 0 Å². The van der Waals surface area contributed by atoms with Crippen molar-refractivity contribution in [3.63, 3.8) is 0 Å². The summed E-state index contributed by atoms with van der Waals surface area (Å²) in [5, 5.41) is 15.4. The van der Waals surface area contributed by atoms with E-state index >= 15 is 0 Å². The van der Waals surface area contributed by atoms with Gasteiger partial charge in [0.05, 0.1) is 13.2 Å². The van der Waals surface area contributed by atoms with Crippen molar-refractivity contribution in [2.75, 3.05) is 61.5 Å². The maximum atomic E-state index is 9.08. The van der Waals surface area contributed by atoms with Gasteiger partial charge in [0.15, 0.2) is 0 Å². The monoisotopic (exact) mass is 296 g/mol. The number of hydrogen-bond donors (Lipinski definition) is 3. The Hall–Kier alpha value is -1.67. The normalized spacial score (nSPS) is 16.6. The van der Waals surface area contributed by atoms with Crippen molar-refractivity contribution in [3.05, 3.63) is 0 Å². The van der Waals surface area contributed by atoms with Crippen LogP contribution in [0, 0.1) is 5.92 Å². The van der Waals surface area contributed by atoms with Gasteiger partial charge in [0.25, 0.3) is 0 Å². The van der Waals surface area contributed by atoms with Gasteiger partial charge in [-0.3, -0.25) is 0 Å². The topological polar surface area (TPSA) is 95.4 Å². The lowest BCUT2D eigenvalue weighted by Crippen LogP contribution is -2.37. The average Bonchev–Trinajstić information content (AvgIpc) is 2.53. The van der Waals surface area contributed by atoms with Crippen LogP contribution in [0.3, 0.4) is 0 Å². The molecule has 21 heavy (non-hydrogen) atoms. The summed E-state index contributed by atoms with van der Waals surface area (Å²) in [6.45, 7) is 8.40. The maximum Gasteiger partial charge on any atom is 0.232 e. The molecule has 0 spiro atoms. The summed E-state index contributed by atoms with van der Waals surface area (Å²) < 4.78 is 5.35. The fraction of sp³-hybridized carbons (Fsp3) is 0.769. The van der Waals surface area contributed by atoms with Crippen molar-refractivity contribution < 1.29 is 9.84 Å². The fourth-order valence-corrected chi connectivity index (χ4v) is 1.92. The zero-order chi connectivity index (χ0) is 15.1. The van der Waals surface area contributed by atoms with Crippen LogP contribution in [-0.2, 0) is 4.74 Å². The lowest BCUT2D eigenvalue weighted by molar-refractivity contribution is 0.122. The first-order valence-electron chi connectivity index (χ1n) is 7.40. The number of nitrogens with zero attached hydrogens (tertiary/aromatic N) is 4. The van der Waals surface area contributed by atoms with Crippen molar-refractivity contribution in [2.45, 2.75) is 13.8 Å². The van der Waals surface area contributed by atoms with E-state index in [9.17, 15) is 0 Å². The van der Waals surface area contributed by atoms with Crippen molar-refractivity contribution in [3.8, 4) is 0 Å². The van der Waals surface area contributed by atoms with Gasteiger partial charge in [-0.05, 0) is 12.8 Å². The molecule has 1 saturated heterocycles. The van der Waals surface area contributed by atoms with E-state index in [0.717, 1.165) is 19.6 Å². The summed E-state index contributed by atoms with van der Waals surface area (Å²) in [6.07, 6.45) is 0. The lowest BCUT2D eigenvalue weighted by atomic mass is 10.2. The molecule has 8 heteroatoms. The second-order valence-electron chi connectivity index (χ2n) is 5.08. The Morgan fingerprint density at radius 1 is 1.19 bits per heavy atom. The van der Waals surface area contributed by atoms with Gasteiger partial charge in [0, 0.05) is 32.8 Å². The molecule has 0 radical (unpaired) electrons. The summed E-state index contributed by atoms with van der Waals surface area (Å²) in [6, 6.07) is 0. The van der Waals surface area contributed by atoms with E-state index < -0.39 is 0 Å². The molecule has 3 N–H and O–H groups in total. The third-order valence-electron chi connectivity index (χ3n) is 3.17. The van der Waals surface area contributed by atoms with E-state index in [-0.39, 0.29) is 12.5 Å². The predicted molar refractivity (Wildman–Crippen MR) is 81.8 cm³/mol. The van der Waals surface area contributed by atoms with Crippen LogP contribution in [0.2, 0.25) is 0 Å². The Morgan fingerprint density at radius 3 is 2.48 bits per heavy atom. The van der Waals surface area contributed by atoms with Gasteiger partial charge in [0.1, 0.15) is 0 Å². The second-order valence-corrected chi connectivity index (χ2v) is 5.08. The van der Waals surface area contributed by atoms with E-state index in [0.29, 0.717) is 37.6 Å². The average molecular weight is 296 g/mol. The second kappa shape index (κ2) is 7.94. The van der Waals surface area contributed by atoms with Crippen molar-refractivity contribution in [1.82, 2.24) is 15.0 Å². The van der Waals surface area contributed by atoms with E-state index in [1.807, 2.05) is 13.8 Å². The third kappa shape index (κ3) is 4.68. The predicted octanol–water partition coefficient (Wildman–Crippen LogP) is 0.180. The molecular weight excluding hydrogens is 272 g/mol. The van der Waals surface area contributed by atoms with E-state index in [4.69, 9.17) is 9.84 Å². The Bertz CT molecular complexity index is 439. The molecule has 1 aromatic rings. The minimum atomic E-state index is 0.133. The summed E-state index contributed by atoms with van der Waals surface area (Å²) >= 11 is 0. The Kier molecular flexibility index (Phi) is 5.94. The number of ether oxygens (including phenoxy) is 1. The van der Waals surface area contributed by atoms with Crippen molar-refractivity contribution in [2.24, 2.45) is 5.92 Å². The lowest BCUT2D eigenvalue weighted by Gasteiger charge is -2.27. The minimum Gasteiger partial charge on any atom is -0.396 e. The SMILES string of the molecule is CCNc1nc(NCC(C)CO)nc(N2CCOCC2)n1. The number of aliphatic hydroxyl groups excluding tert-OH is 1. The Balaban J connectivity index is 2.12. The first kappa shape index (κ1) is 15.7. The van der Waals surface area contributed by atoms with Crippen LogP contribution in [-0.4, -0.2) is 66.1 Å². The van der Waals surface area contributed by atoms with Crippen LogP contribution in [0.5, 0.6) is 0 Å². The van der Waals surface area contributed by atoms with Crippen molar-refractivity contribution >= 4 is 17.8 Å². The highest BCUT2D eigenvalue weighted by Crippen LogP contribution is 2.15. The molecule has 0 bridgehead atoms. The highest BCUT2D eigenvalue weighted by molar-refractivity contribution is 5.44. The Morgan fingerprint density at radius 2 is 1.86 bits per heavy atom. The number of anilines is 3. The summed E-state index contributed by atoms with van der Waals surface area (Å²) in [7, 11) is 0. The van der Waals surface area contributed by atoms with Gasteiger partial charge >= 0.3 is 0 Å². The van der Waals surface area contributed by atoms with E-state index in [2.05, 4.69) is 30.5 Å². The van der Waals surface area contributed by atoms with Crippen LogP contribution in [0.4, 0.5) is 17.8 Å². The minimum absolute atomic E-state index is 0.133. The van der Waals surface area contributed by atoms with Crippen LogP contribution in [0.25, 0.3) is 0 Å². The zero-order valence-electron chi connectivity index (χ0n) is 12.7. The fourth-order valence-electron chi connectivity index (χ4n) is 1.92. The van der Waals surface area contributed by atoms with Gasteiger partial charge in [-0.2, -0.15) is 15.0 Å². The van der Waals surface area contributed by atoms with Crippen LogP contribution in [0.15, 0.2) is 0 Å². The molecule has 1 aromatic heterocycles. The molecule has 2 heterocycles. The smallest absolute Gasteiger partial charge is 0.232 e. The molecule has 1 fully saturated rings. The highest BCUT2D eigenvalue weighted by Gasteiger charge is 2.16. The molecule has 0 amide bonds. The maximum absolute atomic E-state index is 9.08. The molecule has 118 valence electrons. The molecule has 0 aromatic carbocycles. The number of nitrogens with one attached hydrogen (secondary N) is 2. The van der Waals surface area contributed by atoms with Crippen LogP contribution < -0.4 is 15.5 Å². The van der Waals surface area contributed by atoms with Crippen molar-refractivity contribution in [1.29, 1.82) is 0 Å². The quantitative estimate of drug-likeness (QED) is 0.656. The molecule has 2 rings (SSSR count). The summed E-state index contributed by atoms with van der Waals surface area (Å²) in [5.41, 5.74) is 0. The molecule has 0 aliphatic carbocycles. The van der Waals surface area contributed by atoms with Gasteiger partial charge in [-0.25, -0.2) is 0 Å². The number of morpholine rings is 1. The first-order chi connectivity index (χ1) is 10.2. The zero-order valence-corrected chi connectivity index (χ0v) is 12.7. The molecule has 0 saturated carbocycles. The first-order valence-corrected chi connectivity index (χ1v) is 7.40. The van der Waals surface area contributed by atoms with Gasteiger partial charge in [0.2, 0.25) is 17.8 Å². The Labute approximate surface area is 125 Å². The molecule has 8 nitrogen and oxygen atoms in total. The van der Waals surface area contributed by atoms with E-state index in [1.165, 1.54) is 0 Å². The molecule has 1 atom stereocenters. The standard InChI is InChI=1S/C13H24N6O2/c1-3-14-11-16-12(15-8-10(2)9-20)18-13(17-11)19-4-6-21-7-5-19/h10,20H,3-9H2,1-2H3,(H2,14,15,16,17,18). The highest BCUT2D eigenvalue weighted by atomic mass is 16.5. The summed E-state index contributed by atoms with van der Waals surface area (Å²) in [4.78, 5) is 15.3. The van der Waals surface area contributed by atoms with Gasteiger partial charge in [-0.15, -0.1) is 0 Å². The largest absolute Gasteiger partial charge is 0.396 e. The number of rotatable bonds is 7. The molecule has 1 aliphatic heterocycles. The number of hydrogen-bond acceptors (Lipinski definition) is 8. The third-order valence-corrected chi connectivity index (χ3v) is 3.17. The molecular formula is C13H24N6O2. The number of aromatic nitrogens is 3. The molecule has 1 unspecified atom stereocenters. The van der Waals surface area contributed by atoms with Gasteiger partial charge < -0.3 is 25.4 Å². The number of aliphatic hydroxyl groups is 1. The summed E-state index contributed by atoms with van der Waals surface area (Å²) in [5.74, 6) is 1.90.